The van der Waals surface area contributed by atoms with E-state index in [1.54, 1.807) is 6.07 Å². The maximum Gasteiger partial charge on any atom is 0.0991 e. The smallest absolute Gasteiger partial charge is 0.0991 e. The summed E-state index contributed by atoms with van der Waals surface area (Å²) in [7, 11) is 0. The highest BCUT2D eigenvalue weighted by atomic mass is 14.6. The largest absolute Gasteiger partial charge is 0.367 e. The van der Waals surface area contributed by atoms with Crippen LogP contribution in [0.15, 0.2) is 42.7 Å². The molecule has 0 unspecified atom stereocenters. The number of rotatable bonds is 1. The number of aromatic nitrogens is 1. The Morgan fingerprint density at radius 1 is 1.15 bits per heavy atom. The molecule has 0 radical (unpaired) electrons. The van der Waals surface area contributed by atoms with Crippen LogP contribution in [0.2, 0.25) is 0 Å². The highest BCUT2D eigenvalue weighted by molar-refractivity contribution is 5.64. The van der Waals surface area contributed by atoms with E-state index in [-0.39, 0.29) is 0 Å². The van der Waals surface area contributed by atoms with E-state index in [1.807, 2.05) is 36.7 Å². The number of nitriles is 1. The van der Waals surface area contributed by atoms with Crippen molar-refractivity contribution >= 4 is 0 Å². The molecule has 2 nitrogen and oxygen atoms in total. The Kier molecular flexibility index (Phi) is 1.85. The number of hydrogen-bond donors (Lipinski definition) is 1. The summed E-state index contributed by atoms with van der Waals surface area (Å²) in [6.07, 6.45) is 3.78. The fourth-order valence-corrected chi connectivity index (χ4v) is 1.27. The first kappa shape index (κ1) is 7.63. The predicted octanol–water partition coefficient (Wildman–Crippen LogP) is 2.55. The Balaban J connectivity index is 2.49. The summed E-state index contributed by atoms with van der Waals surface area (Å²) in [6.45, 7) is 0. The van der Waals surface area contributed by atoms with Gasteiger partial charge in [-0.05, 0) is 29.3 Å². The third-order valence-electron chi connectivity index (χ3n) is 1.92. The number of hydrogen-bond acceptors (Lipinski definition) is 1. The zero-order chi connectivity index (χ0) is 9.10. The van der Waals surface area contributed by atoms with Gasteiger partial charge in [0.25, 0.3) is 0 Å². The molecule has 0 atom stereocenters. The van der Waals surface area contributed by atoms with Crippen LogP contribution in [0.25, 0.3) is 11.1 Å². The normalized spacial score (nSPS) is 9.46. The quantitative estimate of drug-likeness (QED) is 0.698. The minimum atomic E-state index is 0.693. The summed E-state index contributed by atoms with van der Waals surface area (Å²) in [5, 5.41) is 8.70. The van der Waals surface area contributed by atoms with Crippen LogP contribution in [0.3, 0.4) is 0 Å². The number of H-pyrrole nitrogens is 1. The second-order valence-electron chi connectivity index (χ2n) is 2.79. The van der Waals surface area contributed by atoms with Gasteiger partial charge in [-0.1, -0.05) is 12.1 Å². The van der Waals surface area contributed by atoms with E-state index in [9.17, 15) is 0 Å². The van der Waals surface area contributed by atoms with Gasteiger partial charge in [-0.3, -0.25) is 0 Å². The molecule has 0 bridgehead atoms. The van der Waals surface area contributed by atoms with Crippen molar-refractivity contribution in [1.82, 2.24) is 4.98 Å². The average molecular weight is 168 g/mol. The number of nitrogens with zero attached hydrogens (tertiary/aromatic N) is 1. The third kappa shape index (κ3) is 1.45. The van der Waals surface area contributed by atoms with Crippen LogP contribution in [0.4, 0.5) is 0 Å². The molecule has 0 saturated carbocycles. The summed E-state index contributed by atoms with van der Waals surface area (Å²) in [4.78, 5) is 2.98. The Hall–Kier alpha value is -2.01. The fraction of sp³-hybridized carbons (Fsp3) is 0. The molecule has 0 amide bonds. The highest BCUT2D eigenvalue weighted by Gasteiger charge is 1.97. The maximum atomic E-state index is 8.70. The molecule has 0 spiro atoms. The van der Waals surface area contributed by atoms with Crippen LogP contribution in [-0.4, -0.2) is 4.98 Å². The van der Waals surface area contributed by atoms with Crippen LogP contribution in [-0.2, 0) is 0 Å². The van der Waals surface area contributed by atoms with Crippen molar-refractivity contribution in [2.24, 2.45) is 0 Å². The second kappa shape index (κ2) is 3.16. The van der Waals surface area contributed by atoms with Crippen molar-refractivity contribution in [3.63, 3.8) is 0 Å². The van der Waals surface area contributed by atoms with Crippen LogP contribution < -0.4 is 0 Å². The van der Waals surface area contributed by atoms with E-state index < -0.39 is 0 Å². The predicted molar refractivity (Wildman–Crippen MR) is 50.9 cm³/mol. The maximum absolute atomic E-state index is 8.70. The molecule has 1 aromatic heterocycles. The molecule has 0 aliphatic rings. The van der Waals surface area contributed by atoms with Crippen LogP contribution in [0.5, 0.6) is 0 Å². The Morgan fingerprint density at radius 2 is 2.08 bits per heavy atom. The Morgan fingerprint density at radius 3 is 2.77 bits per heavy atom. The standard InChI is InChI=1S/C11H8N2/c12-7-9-2-1-3-10(6-9)11-4-5-13-8-11/h1-6,8,13H. The average Bonchev–Trinajstić information content (AvgIpc) is 2.71. The molecular weight excluding hydrogens is 160 g/mol. The molecule has 0 aliphatic heterocycles. The highest BCUT2D eigenvalue weighted by Crippen LogP contribution is 2.18. The minimum absolute atomic E-state index is 0.693. The van der Waals surface area contributed by atoms with Gasteiger partial charge in [0.1, 0.15) is 0 Å². The molecule has 13 heavy (non-hydrogen) atoms. The zero-order valence-corrected chi connectivity index (χ0v) is 6.99. The fourth-order valence-electron chi connectivity index (χ4n) is 1.27. The SMILES string of the molecule is N#Cc1cccc(-c2cc[nH]c2)c1. The van der Waals surface area contributed by atoms with Gasteiger partial charge in [-0.2, -0.15) is 5.26 Å². The van der Waals surface area contributed by atoms with Crippen molar-refractivity contribution < 1.29 is 0 Å². The van der Waals surface area contributed by atoms with Gasteiger partial charge in [-0.15, -0.1) is 0 Å². The minimum Gasteiger partial charge on any atom is -0.367 e. The topological polar surface area (TPSA) is 39.6 Å². The Bertz CT molecular complexity index is 435. The van der Waals surface area contributed by atoms with Crippen molar-refractivity contribution in [2.45, 2.75) is 0 Å². The monoisotopic (exact) mass is 168 g/mol. The molecule has 0 saturated heterocycles. The lowest BCUT2D eigenvalue weighted by molar-refractivity contribution is 1.41. The molecule has 2 rings (SSSR count). The van der Waals surface area contributed by atoms with E-state index >= 15 is 0 Å². The summed E-state index contributed by atoms with van der Waals surface area (Å²) < 4.78 is 0. The summed E-state index contributed by atoms with van der Waals surface area (Å²) >= 11 is 0. The lowest BCUT2D eigenvalue weighted by atomic mass is 10.1. The first-order valence-corrected chi connectivity index (χ1v) is 4.03. The Labute approximate surface area is 76.5 Å². The molecule has 1 aromatic carbocycles. The van der Waals surface area contributed by atoms with Crippen molar-refractivity contribution in [2.75, 3.05) is 0 Å². The number of nitrogens with one attached hydrogen (secondary N) is 1. The molecule has 62 valence electrons. The summed E-state index contributed by atoms with van der Waals surface area (Å²) in [6, 6.07) is 11.7. The third-order valence-corrected chi connectivity index (χ3v) is 1.92. The van der Waals surface area contributed by atoms with Gasteiger partial charge in [0.15, 0.2) is 0 Å². The van der Waals surface area contributed by atoms with Gasteiger partial charge < -0.3 is 4.98 Å². The van der Waals surface area contributed by atoms with Crippen molar-refractivity contribution in [3.8, 4) is 17.2 Å². The lowest BCUT2D eigenvalue weighted by Crippen LogP contribution is -1.76. The molecule has 0 aliphatic carbocycles. The van der Waals surface area contributed by atoms with E-state index in [0.29, 0.717) is 5.56 Å². The van der Waals surface area contributed by atoms with Gasteiger partial charge >= 0.3 is 0 Å². The van der Waals surface area contributed by atoms with E-state index in [4.69, 9.17) is 5.26 Å². The van der Waals surface area contributed by atoms with Crippen molar-refractivity contribution in [3.05, 3.63) is 48.3 Å². The summed E-state index contributed by atoms with van der Waals surface area (Å²) in [5.74, 6) is 0. The molecular formula is C11H8N2. The van der Waals surface area contributed by atoms with E-state index in [0.717, 1.165) is 11.1 Å². The first-order chi connectivity index (χ1) is 6.40. The van der Waals surface area contributed by atoms with Gasteiger partial charge in [0.05, 0.1) is 11.6 Å². The second-order valence-corrected chi connectivity index (χ2v) is 2.79. The molecule has 2 aromatic rings. The summed E-state index contributed by atoms with van der Waals surface area (Å²) in [5.41, 5.74) is 2.87. The van der Waals surface area contributed by atoms with Gasteiger partial charge in [-0.25, -0.2) is 0 Å². The van der Waals surface area contributed by atoms with Crippen LogP contribution in [0, 0.1) is 11.3 Å². The molecule has 0 fully saturated rings. The van der Waals surface area contributed by atoms with Gasteiger partial charge in [0, 0.05) is 12.4 Å². The zero-order valence-electron chi connectivity index (χ0n) is 6.99. The van der Waals surface area contributed by atoms with Gasteiger partial charge in [0.2, 0.25) is 0 Å². The van der Waals surface area contributed by atoms with Crippen LogP contribution in [0.1, 0.15) is 5.56 Å². The number of aromatic amines is 1. The molecule has 2 heteroatoms. The van der Waals surface area contributed by atoms with E-state index in [2.05, 4.69) is 11.1 Å². The first-order valence-electron chi connectivity index (χ1n) is 4.03. The molecule has 1 heterocycles. The van der Waals surface area contributed by atoms with Crippen LogP contribution >= 0.6 is 0 Å². The number of benzene rings is 1. The van der Waals surface area contributed by atoms with Crippen molar-refractivity contribution in [1.29, 1.82) is 5.26 Å². The lowest BCUT2D eigenvalue weighted by Gasteiger charge is -1.96. The van der Waals surface area contributed by atoms with E-state index in [1.165, 1.54) is 0 Å². The molecule has 1 N–H and O–H groups in total.